The Bertz CT molecular complexity index is 1770. The van der Waals surface area contributed by atoms with Crippen molar-refractivity contribution in [2.45, 2.75) is 50.3 Å². The van der Waals surface area contributed by atoms with E-state index in [1.807, 2.05) is 31.2 Å². The van der Waals surface area contributed by atoms with Crippen molar-refractivity contribution < 1.29 is 18.0 Å². The second-order valence-electron chi connectivity index (χ2n) is 12.3. The normalized spacial score (nSPS) is 17.5. The number of amides is 1. The van der Waals surface area contributed by atoms with E-state index >= 15 is 0 Å². The monoisotopic (exact) mass is 643 g/mol. The van der Waals surface area contributed by atoms with Crippen LogP contribution in [0, 0.1) is 24.7 Å². The number of aromatic amines is 1. The molecule has 4 aromatic rings. The molecule has 1 heterocycles. The van der Waals surface area contributed by atoms with Crippen LogP contribution in [0.15, 0.2) is 71.6 Å². The third-order valence-corrected chi connectivity index (χ3v) is 10.7. The third kappa shape index (κ3) is 7.75. The first-order valence-electron chi connectivity index (χ1n) is 15.5. The second-order valence-corrected chi connectivity index (χ2v) is 14.4. The molecular weight excluding hydrogens is 602 g/mol. The van der Waals surface area contributed by atoms with Crippen molar-refractivity contribution in [2.24, 2.45) is 23.5 Å². The first-order chi connectivity index (χ1) is 22.0. The molecule has 3 aromatic carbocycles. The standard InChI is InChI=1S/C34H41N7O4S/c1-22-7-16-30(46(44,45)41(2)3)20-31(22)27-6-4-5-24(17-27)18-28(19-32(42)25-10-8-23(21-35)9-11-25)34(43)36-29-14-12-26(13-15-29)33-37-39-40-38-33/h4-7,12-17,20,23,25,28H,8-11,18-19,21,35H2,1-3H3,(H,36,43)(H,37,38,39,40)/t23?,25?,28-/m1/s1. The molecule has 1 atom stereocenters. The molecular formula is C34H41N7O4S. The molecule has 5 rings (SSSR count). The largest absolute Gasteiger partial charge is 0.330 e. The zero-order chi connectivity index (χ0) is 32.8. The summed E-state index contributed by atoms with van der Waals surface area (Å²) in [4.78, 5) is 27.5. The lowest BCUT2D eigenvalue weighted by atomic mass is 9.77. The van der Waals surface area contributed by atoms with E-state index < -0.39 is 15.9 Å². The van der Waals surface area contributed by atoms with Crippen molar-refractivity contribution in [2.75, 3.05) is 26.0 Å². The fourth-order valence-electron chi connectivity index (χ4n) is 6.05. The van der Waals surface area contributed by atoms with E-state index in [0.717, 1.165) is 53.5 Å². The molecule has 0 bridgehead atoms. The van der Waals surface area contributed by atoms with Crippen molar-refractivity contribution >= 4 is 27.4 Å². The van der Waals surface area contributed by atoms with Crippen molar-refractivity contribution in [1.82, 2.24) is 24.9 Å². The van der Waals surface area contributed by atoms with E-state index in [0.29, 0.717) is 30.4 Å². The highest BCUT2D eigenvalue weighted by molar-refractivity contribution is 7.89. The maximum absolute atomic E-state index is 13.8. The number of aryl methyl sites for hydroxylation is 1. The van der Waals surface area contributed by atoms with Gasteiger partial charge in [0.05, 0.1) is 4.90 Å². The minimum absolute atomic E-state index is 0.0669. The number of nitrogens with two attached hydrogens (primary N) is 1. The number of rotatable bonds is 12. The molecule has 4 N–H and O–H groups in total. The molecule has 1 fully saturated rings. The first kappa shape index (κ1) is 33.1. The lowest BCUT2D eigenvalue weighted by molar-refractivity contribution is -0.129. The fourth-order valence-corrected chi connectivity index (χ4v) is 6.98. The van der Waals surface area contributed by atoms with Crippen LogP contribution >= 0.6 is 0 Å². The maximum Gasteiger partial charge on any atom is 0.242 e. The van der Waals surface area contributed by atoms with Crippen molar-refractivity contribution in [1.29, 1.82) is 0 Å². The average Bonchev–Trinajstić information content (AvgIpc) is 3.60. The Morgan fingerprint density at radius 3 is 2.39 bits per heavy atom. The molecule has 11 nitrogen and oxygen atoms in total. The van der Waals surface area contributed by atoms with E-state index in [-0.39, 0.29) is 28.9 Å². The molecule has 1 aromatic heterocycles. The van der Waals surface area contributed by atoms with Crippen molar-refractivity contribution in [3.8, 4) is 22.5 Å². The van der Waals surface area contributed by atoms with E-state index in [1.54, 1.807) is 42.5 Å². The van der Waals surface area contributed by atoms with Gasteiger partial charge in [-0.1, -0.05) is 30.3 Å². The van der Waals surface area contributed by atoms with Crippen LogP contribution in [-0.4, -0.2) is 65.7 Å². The summed E-state index contributed by atoms with van der Waals surface area (Å²) in [5, 5.41) is 17.0. The van der Waals surface area contributed by atoms with Gasteiger partial charge < -0.3 is 11.1 Å². The van der Waals surface area contributed by atoms with Gasteiger partial charge in [-0.2, -0.15) is 5.21 Å². The summed E-state index contributed by atoms with van der Waals surface area (Å²) in [7, 11) is -0.599. The van der Waals surface area contributed by atoms with E-state index in [1.165, 1.54) is 18.4 Å². The number of hydrogen-bond donors (Lipinski definition) is 3. The number of nitrogens with zero attached hydrogens (tertiary/aromatic N) is 4. The summed E-state index contributed by atoms with van der Waals surface area (Å²) >= 11 is 0. The van der Waals surface area contributed by atoms with Crippen LogP contribution in [0.3, 0.4) is 0 Å². The molecule has 242 valence electrons. The molecule has 0 spiro atoms. The molecule has 46 heavy (non-hydrogen) atoms. The Morgan fingerprint density at radius 2 is 1.74 bits per heavy atom. The van der Waals surface area contributed by atoms with E-state index in [9.17, 15) is 18.0 Å². The summed E-state index contributed by atoms with van der Waals surface area (Å²) in [6, 6.07) is 20.0. The number of nitrogens with one attached hydrogen (secondary N) is 2. The van der Waals surface area contributed by atoms with Crippen LogP contribution in [0.1, 0.15) is 43.2 Å². The number of carbonyl (C=O) groups excluding carboxylic acids is 2. The number of sulfonamides is 1. The van der Waals surface area contributed by atoms with Crippen molar-refractivity contribution in [3.05, 3.63) is 77.9 Å². The molecule has 1 aliphatic rings. The maximum atomic E-state index is 13.8. The Hall–Kier alpha value is -4.26. The highest BCUT2D eigenvalue weighted by Crippen LogP contribution is 2.32. The molecule has 0 saturated heterocycles. The van der Waals surface area contributed by atoms with Crippen LogP contribution in [0.2, 0.25) is 0 Å². The Balaban J connectivity index is 1.39. The van der Waals surface area contributed by atoms with E-state index in [4.69, 9.17) is 5.73 Å². The van der Waals surface area contributed by atoms with Gasteiger partial charge in [0.1, 0.15) is 5.78 Å². The number of Topliss-reactive ketones (excluding diaryl/α,β-unsaturated/α-hetero) is 1. The molecule has 0 unspecified atom stereocenters. The van der Waals surface area contributed by atoms with Crippen LogP contribution in [-0.2, 0) is 26.0 Å². The average molecular weight is 644 g/mol. The zero-order valence-corrected chi connectivity index (χ0v) is 27.3. The number of H-pyrrole nitrogens is 1. The Morgan fingerprint density at radius 1 is 1.00 bits per heavy atom. The van der Waals surface area contributed by atoms with Crippen molar-refractivity contribution in [3.63, 3.8) is 0 Å². The fraction of sp³-hybridized carbons (Fsp3) is 0.382. The van der Waals surface area contributed by atoms with Gasteiger partial charge >= 0.3 is 0 Å². The molecule has 1 aliphatic carbocycles. The lowest BCUT2D eigenvalue weighted by Gasteiger charge is -2.27. The van der Waals surface area contributed by atoms with Gasteiger partial charge in [0.15, 0.2) is 0 Å². The van der Waals surface area contributed by atoms with Gasteiger partial charge in [-0.3, -0.25) is 9.59 Å². The highest BCUT2D eigenvalue weighted by atomic mass is 32.2. The summed E-state index contributed by atoms with van der Waals surface area (Å²) in [5.41, 5.74) is 10.7. The summed E-state index contributed by atoms with van der Waals surface area (Å²) in [5.74, 6) is 0.103. The zero-order valence-electron chi connectivity index (χ0n) is 26.4. The number of hydrogen-bond acceptors (Lipinski definition) is 8. The molecule has 12 heteroatoms. The van der Waals surface area contributed by atoms with Gasteiger partial charge in [-0.05, 0) is 115 Å². The lowest BCUT2D eigenvalue weighted by Crippen LogP contribution is -2.31. The van der Waals surface area contributed by atoms with Gasteiger partial charge in [0.25, 0.3) is 0 Å². The minimum atomic E-state index is -3.62. The van der Waals surface area contributed by atoms with Crippen LogP contribution in [0.4, 0.5) is 5.69 Å². The summed E-state index contributed by atoms with van der Waals surface area (Å²) in [6.07, 6.45) is 3.94. The predicted molar refractivity (Wildman–Crippen MR) is 177 cm³/mol. The van der Waals surface area contributed by atoms with E-state index in [2.05, 4.69) is 25.9 Å². The number of tetrazole rings is 1. The van der Waals surface area contributed by atoms with Gasteiger partial charge in [0, 0.05) is 43.6 Å². The molecule has 1 saturated carbocycles. The first-order valence-corrected chi connectivity index (χ1v) is 17.0. The van der Waals surface area contributed by atoms with Gasteiger partial charge in [-0.25, -0.2) is 12.7 Å². The van der Waals surface area contributed by atoms with Crippen LogP contribution < -0.4 is 11.1 Å². The van der Waals surface area contributed by atoms with Crippen LogP contribution in [0.25, 0.3) is 22.5 Å². The van der Waals surface area contributed by atoms with Crippen LogP contribution in [0.5, 0.6) is 0 Å². The third-order valence-electron chi connectivity index (χ3n) is 8.92. The Labute approximate surface area is 270 Å². The smallest absolute Gasteiger partial charge is 0.242 e. The number of carbonyl (C=O) groups is 2. The molecule has 0 radical (unpaired) electrons. The quantitative estimate of drug-likeness (QED) is 0.201. The summed E-state index contributed by atoms with van der Waals surface area (Å²) in [6.45, 7) is 2.57. The topological polar surface area (TPSA) is 164 Å². The summed E-state index contributed by atoms with van der Waals surface area (Å²) < 4.78 is 26.9. The molecule has 0 aliphatic heterocycles. The van der Waals surface area contributed by atoms with Gasteiger partial charge in [-0.15, -0.1) is 10.2 Å². The number of ketones is 1. The SMILES string of the molecule is Cc1ccc(S(=O)(=O)N(C)C)cc1-c1cccc(C[C@H](CC(=O)C2CCC(CN)CC2)C(=O)Nc2ccc(-c3nn[nH]n3)cc2)c1. The number of benzene rings is 3. The second kappa shape index (κ2) is 14.4. The Kier molecular flexibility index (Phi) is 10.4. The number of aromatic nitrogens is 4. The molecule has 1 amide bonds. The highest BCUT2D eigenvalue weighted by Gasteiger charge is 2.30. The minimum Gasteiger partial charge on any atom is -0.330 e. The predicted octanol–water partition coefficient (Wildman–Crippen LogP) is 4.61. The number of anilines is 1. The van der Waals surface area contributed by atoms with Gasteiger partial charge in [0.2, 0.25) is 21.8 Å².